The normalized spacial score (nSPS) is 14.3. The highest BCUT2D eigenvalue weighted by Gasteiger charge is 2.19. The third-order valence-electron chi connectivity index (χ3n) is 6.96. The number of carbonyl (C=O) groups is 1. The van der Waals surface area contributed by atoms with Crippen molar-refractivity contribution in [2.24, 2.45) is 5.92 Å². The maximum Gasteiger partial charge on any atom is 0.246 e. The van der Waals surface area contributed by atoms with Crippen LogP contribution in [0.4, 0.5) is 4.39 Å². The molecule has 0 radical (unpaired) electrons. The second kappa shape index (κ2) is 15.3. The van der Waals surface area contributed by atoms with Crippen molar-refractivity contribution in [1.82, 2.24) is 10.2 Å². The van der Waals surface area contributed by atoms with E-state index in [0.717, 1.165) is 49.7 Å². The maximum absolute atomic E-state index is 12.9. The van der Waals surface area contributed by atoms with Crippen molar-refractivity contribution in [3.8, 4) is 5.75 Å². The standard InChI is InChI=1S/C32H39FN2O3/c33-30-13-11-28(12-14-30)24-37-25-32(36)34-17-4-5-20-38-31-10-6-9-29(22-31)23-35-18-15-27(16-19-35)21-26-7-2-1-3-8-26/h1-3,6-14,22,27H,4-5,15-21,23-25H2,(H,34,36). The number of benzene rings is 3. The molecule has 0 aromatic heterocycles. The lowest BCUT2D eigenvalue weighted by Crippen LogP contribution is -2.33. The van der Waals surface area contributed by atoms with Crippen LogP contribution in [0, 0.1) is 11.7 Å². The van der Waals surface area contributed by atoms with E-state index in [2.05, 4.69) is 58.7 Å². The smallest absolute Gasteiger partial charge is 0.246 e. The molecule has 1 saturated heterocycles. The van der Waals surface area contributed by atoms with Crippen LogP contribution in [0.25, 0.3) is 0 Å². The predicted molar refractivity (Wildman–Crippen MR) is 148 cm³/mol. The van der Waals surface area contributed by atoms with Gasteiger partial charge in [0.05, 0.1) is 13.2 Å². The Morgan fingerprint density at radius 2 is 1.66 bits per heavy atom. The first-order valence-electron chi connectivity index (χ1n) is 13.7. The van der Waals surface area contributed by atoms with E-state index in [9.17, 15) is 9.18 Å². The number of halogens is 1. The SMILES string of the molecule is O=C(COCc1ccc(F)cc1)NCCCCOc1cccc(CN2CCC(Cc3ccccc3)CC2)c1. The van der Waals surface area contributed by atoms with Crippen molar-refractivity contribution >= 4 is 5.91 Å². The van der Waals surface area contributed by atoms with Gasteiger partial charge in [-0.25, -0.2) is 4.39 Å². The molecule has 1 amide bonds. The number of piperidine rings is 1. The number of carbonyl (C=O) groups excluding carboxylic acids is 1. The number of likely N-dealkylation sites (tertiary alicyclic amines) is 1. The molecule has 1 fully saturated rings. The molecule has 3 aromatic rings. The Bertz CT molecular complexity index is 1100. The van der Waals surface area contributed by atoms with Gasteiger partial charge in [-0.05, 0) is 92.1 Å². The summed E-state index contributed by atoms with van der Waals surface area (Å²) in [6, 6.07) is 25.3. The van der Waals surface area contributed by atoms with E-state index in [1.54, 1.807) is 12.1 Å². The van der Waals surface area contributed by atoms with Crippen LogP contribution in [-0.2, 0) is 29.1 Å². The van der Waals surface area contributed by atoms with Gasteiger partial charge in [0.25, 0.3) is 0 Å². The molecule has 38 heavy (non-hydrogen) atoms. The monoisotopic (exact) mass is 518 g/mol. The Balaban J connectivity index is 1.05. The average molecular weight is 519 g/mol. The van der Waals surface area contributed by atoms with Gasteiger partial charge in [-0.1, -0.05) is 54.6 Å². The van der Waals surface area contributed by atoms with Crippen molar-refractivity contribution in [2.45, 2.75) is 45.3 Å². The minimum Gasteiger partial charge on any atom is -0.494 e. The molecule has 0 saturated carbocycles. The fourth-order valence-corrected chi connectivity index (χ4v) is 4.83. The van der Waals surface area contributed by atoms with Crippen LogP contribution in [0.3, 0.4) is 0 Å². The Kier molecular flexibility index (Phi) is 11.2. The molecule has 4 rings (SSSR count). The van der Waals surface area contributed by atoms with Crippen molar-refractivity contribution in [3.05, 3.63) is 101 Å². The molecule has 1 heterocycles. The average Bonchev–Trinajstić information content (AvgIpc) is 2.94. The molecular weight excluding hydrogens is 479 g/mol. The summed E-state index contributed by atoms with van der Waals surface area (Å²) in [5.74, 6) is 1.25. The number of amides is 1. The summed E-state index contributed by atoms with van der Waals surface area (Å²) < 4.78 is 24.3. The van der Waals surface area contributed by atoms with Gasteiger partial charge in [0.1, 0.15) is 18.2 Å². The zero-order chi connectivity index (χ0) is 26.4. The first kappa shape index (κ1) is 27.8. The molecule has 0 bridgehead atoms. The quantitative estimate of drug-likeness (QED) is 0.275. The Hall–Kier alpha value is -3.22. The fourth-order valence-electron chi connectivity index (χ4n) is 4.83. The second-order valence-corrected chi connectivity index (χ2v) is 10.1. The Morgan fingerprint density at radius 3 is 2.45 bits per heavy atom. The Morgan fingerprint density at radius 1 is 0.895 bits per heavy atom. The molecule has 1 N–H and O–H groups in total. The number of ether oxygens (including phenoxy) is 2. The zero-order valence-electron chi connectivity index (χ0n) is 22.1. The number of unbranched alkanes of at least 4 members (excludes halogenated alkanes) is 1. The van der Waals surface area contributed by atoms with Crippen LogP contribution < -0.4 is 10.1 Å². The predicted octanol–water partition coefficient (Wildman–Crippen LogP) is 5.77. The van der Waals surface area contributed by atoms with Crippen LogP contribution in [-0.4, -0.2) is 43.7 Å². The maximum atomic E-state index is 12.9. The summed E-state index contributed by atoms with van der Waals surface area (Å²) in [5.41, 5.74) is 3.58. The van der Waals surface area contributed by atoms with Crippen molar-refractivity contribution in [1.29, 1.82) is 0 Å². The molecule has 3 aromatic carbocycles. The van der Waals surface area contributed by atoms with E-state index in [4.69, 9.17) is 9.47 Å². The molecule has 5 nitrogen and oxygen atoms in total. The topological polar surface area (TPSA) is 50.8 Å². The molecular formula is C32H39FN2O3. The fraction of sp³-hybridized carbons (Fsp3) is 0.406. The van der Waals surface area contributed by atoms with Crippen LogP contribution in [0.5, 0.6) is 5.75 Å². The summed E-state index contributed by atoms with van der Waals surface area (Å²) in [6.45, 7) is 4.73. The highest BCUT2D eigenvalue weighted by Crippen LogP contribution is 2.24. The summed E-state index contributed by atoms with van der Waals surface area (Å²) in [6.07, 6.45) is 5.38. The van der Waals surface area contributed by atoms with E-state index in [1.807, 2.05) is 6.07 Å². The molecule has 1 aliphatic heterocycles. The van der Waals surface area contributed by atoms with Gasteiger partial charge in [-0.3, -0.25) is 9.69 Å². The molecule has 6 heteroatoms. The Labute approximate surface area is 226 Å². The second-order valence-electron chi connectivity index (χ2n) is 10.1. The lowest BCUT2D eigenvalue weighted by atomic mass is 9.90. The van der Waals surface area contributed by atoms with E-state index in [0.29, 0.717) is 13.2 Å². The molecule has 0 aliphatic carbocycles. The number of hydrogen-bond acceptors (Lipinski definition) is 4. The summed E-state index contributed by atoms with van der Waals surface area (Å²) in [4.78, 5) is 14.5. The van der Waals surface area contributed by atoms with Gasteiger partial charge in [0.15, 0.2) is 0 Å². The minimum atomic E-state index is -0.284. The number of nitrogens with one attached hydrogen (secondary N) is 1. The van der Waals surface area contributed by atoms with Gasteiger partial charge in [0.2, 0.25) is 5.91 Å². The number of hydrogen-bond donors (Lipinski definition) is 1. The van der Waals surface area contributed by atoms with Crippen LogP contribution in [0.1, 0.15) is 42.4 Å². The van der Waals surface area contributed by atoms with Gasteiger partial charge < -0.3 is 14.8 Å². The highest BCUT2D eigenvalue weighted by molar-refractivity contribution is 5.77. The minimum absolute atomic E-state index is 0.00856. The molecule has 0 atom stereocenters. The summed E-state index contributed by atoms with van der Waals surface area (Å²) in [7, 11) is 0. The largest absolute Gasteiger partial charge is 0.494 e. The number of nitrogens with zero attached hydrogens (tertiary/aromatic N) is 1. The summed E-state index contributed by atoms with van der Waals surface area (Å²) in [5, 5.41) is 2.86. The van der Waals surface area contributed by atoms with E-state index >= 15 is 0 Å². The van der Waals surface area contributed by atoms with Crippen LogP contribution >= 0.6 is 0 Å². The number of rotatable bonds is 14. The molecule has 0 unspecified atom stereocenters. The highest BCUT2D eigenvalue weighted by atomic mass is 19.1. The van der Waals surface area contributed by atoms with Gasteiger partial charge in [0, 0.05) is 13.1 Å². The van der Waals surface area contributed by atoms with Gasteiger partial charge in [-0.2, -0.15) is 0 Å². The van der Waals surface area contributed by atoms with Crippen LogP contribution in [0.15, 0.2) is 78.9 Å². The summed E-state index contributed by atoms with van der Waals surface area (Å²) >= 11 is 0. The third kappa shape index (κ3) is 9.92. The van der Waals surface area contributed by atoms with Crippen molar-refractivity contribution in [2.75, 3.05) is 32.8 Å². The van der Waals surface area contributed by atoms with Gasteiger partial charge in [-0.15, -0.1) is 0 Å². The molecule has 1 aliphatic rings. The third-order valence-corrected chi connectivity index (χ3v) is 6.96. The van der Waals surface area contributed by atoms with E-state index < -0.39 is 0 Å². The van der Waals surface area contributed by atoms with Crippen molar-refractivity contribution < 1.29 is 18.7 Å². The first-order valence-corrected chi connectivity index (χ1v) is 13.7. The molecule has 0 spiro atoms. The van der Waals surface area contributed by atoms with Gasteiger partial charge >= 0.3 is 0 Å². The van der Waals surface area contributed by atoms with Crippen LogP contribution in [0.2, 0.25) is 0 Å². The lowest BCUT2D eigenvalue weighted by Gasteiger charge is -2.32. The van der Waals surface area contributed by atoms with E-state index in [-0.39, 0.29) is 24.9 Å². The first-order chi connectivity index (χ1) is 18.6. The zero-order valence-corrected chi connectivity index (χ0v) is 22.1. The van der Waals surface area contributed by atoms with Crippen molar-refractivity contribution in [3.63, 3.8) is 0 Å². The molecule has 202 valence electrons. The lowest BCUT2D eigenvalue weighted by molar-refractivity contribution is -0.126. The van der Waals surface area contributed by atoms with E-state index in [1.165, 1.54) is 42.5 Å².